The number of hydrogen-bond donors (Lipinski definition) is 2. The highest BCUT2D eigenvalue weighted by atomic mass is 16.3. The van der Waals surface area contributed by atoms with Crippen molar-refractivity contribution in [1.82, 2.24) is 14.7 Å². The van der Waals surface area contributed by atoms with Crippen LogP contribution in [0.15, 0.2) is 36.2 Å². The van der Waals surface area contributed by atoms with E-state index < -0.39 is 11.8 Å². The van der Waals surface area contributed by atoms with Crippen LogP contribution in [0.3, 0.4) is 0 Å². The first-order valence-corrected chi connectivity index (χ1v) is 6.48. The fraction of sp³-hybridized carbons (Fsp3) is 0.214. The Morgan fingerprint density at radius 3 is 2.90 bits per heavy atom. The van der Waals surface area contributed by atoms with Crippen LogP contribution in [0.4, 0.5) is 5.69 Å². The van der Waals surface area contributed by atoms with Crippen LogP contribution in [0, 0.1) is 0 Å². The molecule has 21 heavy (non-hydrogen) atoms. The number of aliphatic hydroxyl groups excluding tert-OH is 1. The lowest BCUT2D eigenvalue weighted by atomic mass is 10.2. The maximum absolute atomic E-state index is 12.1. The SMILES string of the molecule is Cn1cc2cccc(NC3=CC(=O)N(CCO)C3=O)c2n1. The number of aryl methyl sites for hydroxylation is 1. The average molecular weight is 286 g/mol. The molecule has 0 radical (unpaired) electrons. The van der Waals surface area contributed by atoms with Gasteiger partial charge in [0.05, 0.1) is 18.8 Å². The Bertz CT molecular complexity index is 763. The second-order valence-electron chi connectivity index (χ2n) is 4.75. The first kappa shape index (κ1) is 13.3. The van der Waals surface area contributed by atoms with Crippen molar-refractivity contribution >= 4 is 28.4 Å². The van der Waals surface area contributed by atoms with Crippen molar-refractivity contribution < 1.29 is 14.7 Å². The van der Waals surface area contributed by atoms with E-state index in [0.29, 0.717) is 5.69 Å². The molecule has 1 aliphatic heterocycles. The Morgan fingerprint density at radius 2 is 2.14 bits per heavy atom. The molecule has 2 amide bonds. The maximum atomic E-state index is 12.1. The van der Waals surface area contributed by atoms with Gasteiger partial charge in [-0.05, 0) is 6.07 Å². The van der Waals surface area contributed by atoms with Gasteiger partial charge in [-0.15, -0.1) is 0 Å². The summed E-state index contributed by atoms with van der Waals surface area (Å²) in [7, 11) is 1.82. The average Bonchev–Trinajstić information content (AvgIpc) is 2.94. The molecule has 0 saturated carbocycles. The molecule has 7 nitrogen and oxygen atoms in total. The fourth-order valence-corrected chi connectivity index (χ4v) is 2.32. The van der Waals surface area contributed by atoms with Gasteiger partial charge in [0, 0.05) is 24.7 Å². The van der Waals surface area contributed by atoms with E-state index >= 15 is 0 Å². The van der Waals surface area contributed by atoms with E-state index in [2.05, 4.69) is 10.4 Å². The van der Waals surface area contributed by atoms with Crippen molar-refractivity contribution in [3.05, 3.63) is 36.2 Å². The van der Waals surface area contributed by atoms with Crippen molar-refractivity contribution in [3.63, 3.8) is 0 Å². The Labute approximate surface area is 120 Å². The van der Waals surface area contributed by atoms with Crippen LogP contribution in [0.25, 0.3) is 10.9 Å². The Morgan fingerprint density at radius 1 is 1.33 bits per heavy atom. The molecule has 3 rings (SSSR count). The number of imide groups is 1. The Hall–Kier alpha value is -2.67. The lowest BCUT2D eigenvalue weighted by Crippen LogP contribution is -2.34. The lowest BCUT2D eigenvalue weighted by molar-refractivity contribution is -0.137. The van der Waals surface area contributed by atoms with E-state index in [1.54, 1.807) is 10.7 Å². The zero-order chi connectivity index (χ0) is 15.0. The summed E-state index contributed by atoms with van der Waals surface area (Å²) in [6.45, 7) is -0.262. The van der Waals surface area contributed by atoms with Crippen molar-refractivity contribution in [2.24, 2.45) is 7.05 Å². The van der Waals surface area contributed by atoms with Gasteiger partial charge in [0.15, 0.2) is 0 Å². The van der Waals surface area contributed by atoms with Crippen molar-refractivity contribution in [3.8, 4) is 0 Å². The van der Waals surface area contributed by atoms with E-state index in [-0.39, 0.29) is 18.8 Å². The molecule has 0 atom stereocenters. The van der Waals surface area contributed by atoms with Gasteiger partial charge < -0.3 is 10.4 Å². The number of rotatable bonds is 4. The van der Waals surface area contributed by atoms with E-state index in [1.165, 1.54) is 6.08 Å². The standard InChI is InChI=1S/C14H14N4O3/c1-17-8-9-3-2-4-10(13(9)16-17)15-11-7-12(20)18(5-6-19)14(11)21/h2-4,7-8,15,19H,5-6H2,1H3. The number of amides is 2. The molecule has 0 bridgehead atoms. The molecule has 2 N–H and O–H groups in total. The van der Waals surface area contributed by atoms with Gasteiger partial charge in [-0.25, -0.2) is 0 Å². The van der Waals surface area contributed by atoms with Crippen LogP contribution < -0.4 is 5.32 Å². The van der Waals surface area contributed by atoms with E-state index in [9.17, 15) is 9.59 Å². The Balaban J connectivity index is 1.91. The smallest absolute Gasteiger partial charge is 0.277 e. The largest absolute Gasteiger partial charge is 0.395 e. The number of β-amino-alcohol motifs (C(OH)–C–C–N with tert-alkyl or cyclic N) is 1. The number of carbonyl (C=O) groups excluding carboxylic acids is 2. The molecule has 2 heterocycles. The number of anilines is 1. The molecule has 0 saturated heterocycles. The summed E-state index contributed by atoms with van der Waals surface area (Å²) < 4.78 is 1.68. The van der Waals surface area contributed by atoms with Crippen molar-refractivity contribution in [2.75, 3.05) is 18.5 Å². The highest BCUT2D eigenvalue weighted by Crippen LogP contribution is 2.24. The number of aromatic nitrogens is 2. The lowest BCUT2D eigenvalue weighted by Gasteiger charge is -2.13. The summed E-state index contributed by atoms with van der Waals surface area (Å²) in [4.78, 5) is 24.8. The van der Waals surface area contributed by atoms with Gasteiger partial charge >= 0.3 is 0 Å². The van der Waals surface area contributed by atoms with Gasteiger partial charge in [-0.3, -0.25) is 19.2 Å². The maximum Gasteiger partial charge on any atom is 0.277 e. The van der Waals surface area contributed by atoms with E-state index in [4.69, 9.17) is 5.11 Å². The molecule has 0 spiro atoms. The zero-order valence-electron chi connectivity index (χ0n) is 11.4. The molecule has 0 unspecified atom stereocenters. The number of carbonyl (C=O) groups is 2. The summed E-state index contributed by atoms with van der Waals surface area (Å²) in [5, 5.41) is 17.1. The van der Waals surface area contributed by atoms with Crippen molar-refractivity contribution in [1.29, 1.82) is 0 Å². The summed E-state index contributed by atoms with van der Waals surface area (Å²) in [6, 6.07) is 5.56. The summed E-state index contributed by atoms with van der Waals surface area (Å²) in [6.07, 6.45) is 3.11. The van der Waals surface area contributed by atoms with Gasteiger partial charge in [-0.2, -0.15) is 5.10 Å². The molecule has 0 fully saturated rings. The van der Waals surface area contributed by atoms with Crippen LogP contribution in [-0.2, 0) is 16.6 Å². The monoisotopic (exact) mass is 286 g/mol. The van der Waals surface area contributed by atoms with Gasteiger partial charge in [0.2, 0.25) is 0 Å². The highest BCUT2D eigenvalue weighted by Gasteiger charge is 2.30. The minimum atomic E-state index is -0.443. The fourth-order valence-electron chi connectivity index (χ4n) is 2.32. The molecule has 1 aromatic heterocycles. The number of fused-ring (bicyclic) bond motifs is 1. The van der Waals surface area contributed by atoms with Crippen LogP contribution >= 0.6 is 0 Å². The summed E-state index contributed by atoms with van der Waals surface area (Å²) >= 11 is 0. The van der Waals surface area contributed by atoms with Crippen molar-refractivity contribution in [2.45, 2.75) is 0 Å². The third-order valence-electron chi connectivity index (χ3n) is 3.25. The number of hydrogen-bond acceptors (Lipinski definition) is 5. The number of benzene rings is 1. The molecule has 0 aliphatic carbocycles. The molecule has 7 heteroatoms. The minimum absolute atomic E-state index is 0.00681. The van der Waals surface area contributed by atoms with Gasteiger partial charge in [0.25, 0.3) is 11.8 Å². The number of nitrogens with one attached hydrogen (secondary N) is 1. The second kappa shape index (κ2) is 5.02. The molecular formula is C14H14N4O3. The molecule has 1 aromatic carbocycles. The van der Waals surface area contributed by atoms with Crippen LogP contribution in [0.1, 0.15) is 0 Å². The zero-order valence-corrected chi connectivity index (χ0v) is 11.4. The number of nitrogens with zero attached hydrogens (tertiary/aromatic N) is 3. The van der Waals surface area contributed by atoms with Crippen LogP contribution in [0.5, 0.6) is 0 Å². The topological polar surface area (TPSA) is 87.5 Å². The predicted octanol–water partition coefficient (Wildman–Crippen LogP) is 0.230. The highest BCUT2D eigenvalue weighted by molar-refractivity contribution is 6.17. The first-order valence-electron chi connectivity index (χ1n) is 6.48. The molecule has 2 aromatic rings. The number of aliphatic hydroxyl groups is 1. The van der Waals surface area contributed by atoms with Crippen LogP contribution in [-0.4, -0.2) is 44.8 Å². The third kappa shape index (κ3) is 2.27. The quantitative estimate of drug-likeness (QED) is 0.786. The molecule has 1 aliphatic rings. The normalized spacial score (nSPS) is 15.0. The molecular weight excluding hydrogens is 272 g/mol. The van der Waals surface area contributed by atoms with Gasteiger partial charge in [-0.1, -0.05) is 12.1 Å². The summed E-state index contributed by atoms with van der Waals surface area (Å²) in [5.41, 5.74) is 1.57. The van der Waals surface area contributed by atoms with Gasteiger partial charge in [0.1, 0.15) is 11.2 Å². The second-order valence-corrected chi connectivity index (χ2v) is 4.75. The molecule has 108 valence electrons. The third-order valence-corrected chi connectivity index (χ3v) is 3.25. The van der Waals surface area contributed by atoms with E-state index in [0.717, 1.165) is 15.8 Å². The summed E-state index contributed by atoms with van der Waals surface area (Å²) in [5.74, 6) is -0.869. The minimum Gasteiger partial charge on any atom is -0.395 e. The Kier molecular flexibility index (Phi) is 3.19. The van der Waals surface area contributed by atoms with E-state index in [1.807, 2.05) is 25.4 Å². The predicted molar refractivity (Wildman–Crippen MR) is 76.2 cm³/mol. The first-order chi connectivity index (χ1) is 10.1. The van der Waals surface area contributed by atoms with Crippen LogP contribution in [0.2, 0.25) is 0 Å².